The van der Waals surface area contributed by atoms with Crippen molar-refractivity contribution in [3.8, 4) is 17.0 Å². The van der Waals surface area contributed by atoms with Gasteiger partial charge in [-0.25, -0.2) is 4.98 Å². The van der Waals surface area contributed by atoms with E-state index in [1.165, 1.54) is 4.88 Å². The highest BCUT2D eigenvalue weighted by Gasteiger charge is 2.30. The number of nitrogens with zero attached hydrogens (tertiary/aromatic N) is 3. The van der Waals surface area contributed by atoms with Gasteiger partial charge in [0.25, 0.3) is 11.6 Å². The number of fused-ring (bicyclic) bond motifs is 2. The third-order valence-electron chi connectivity index (χ3n) is 5.81. The molecule has 0 fully saturated rings. The first kappa shape index (κ1) is 19.8. The number of para-hydroxylation sites is 1. The van der Waals surface area contributed by atoms with Crippen molar-refractivity contribution in [3.05, 3.63) is 56.9 Å². The summed E-state index contributed by atoms with van der Waals surface area (Å²) in [6.45, 7) is 6.61. The molecule has 0 spiro atoms. The molecule has 4 aromatic rings. The van der Waals surface area contributed by atoms with Gasteiger partial charge < -0.3 is 14.2 Å². The number of hydrogen-bond donors (Lipinski definition) is 0. The lowest BCUT2D eigenvalue weighted by Crippen LogP contribution is -2.36. The van der Waals surface area contributed by atoms with Crippen molar-refractivity contribution in [3.63, 3.8) is 0 Å². The number of pyridine rings is 1. The summed E-state index contributed by atoms with van der Waals surface area (Å²) in [5.41, 5.74) is 5.32. The zero-order valence-corrected chi connectivity index (χ0v) is 18.8. The number of amides is 1. The van der Waals surface area contributed by atoms with Crippen LogP contribution in [0, 0.1) is 20.8 Å². The quantitative estimate of drug-likeness (QED) is 0.428. The molecule has 3 aromatic heterocycles. The van der Waals surface area contributed by atoms with Crippen LogP contribution in [0.1, 0.15) is 37.8 Å². The fourth-order valence-electron chi connectivity index (χ4n) is 4.41. The van der Waals surface area contributed by atoms with Gasteiger partial charge in [0.1, 0.15) is 5.75 Å². The molecule has 0 saturated carbocycles. The van der Waals surface area contributed by atoms with Crippen molar-refractivity contribution in [2.45, 2.75) is 33.6 Å². The predicted molar refractivity (Wildman–Crippen MR) is 122 cm³/mol. The maximum atomic E-state index is 13.9. The Kier molecular flexibility index (Phi) is 4.78. The Morgan fingerprint density at radius 3 is 2.81 bits per heavy atom. The second kappa shape index (κ2) is 7.50. The molecule has 0 radical (unpaired) electrons. The minimum Gasteiger partial charge on any atom is -0.495 e. The number of rotatable bonds is 3. The number of thiophene rings is 1. The highest BCUT2D eigenvalue weighted by Crippen LogP contribution is 2.39. The molecule has 1 aliphatic rings. The molecular formula is C24H23N3O3S. The van der Waals surface area contributed by atoms with E-state index in [0.717, 1.165) is 40.2 Å². The molecule has 4 heterocycles. The molecule has 1 aliphatic heterocycles. The van der Waals surface area contributed by atoms with E-state index in [4.69, 9.17) is 9.26 Å². The molecule has 0 N–H and O–H groups in total. The number of methoxy groups -OCH3 is 1. The monoisotopic (exact) mass is 433 g/mol. The van der Waals surface area contributed by atoms with Crippen LogP contribution in [-0.4, -0.2) is 29.7 Å². The van der Waals surface area contributed by atoms with Gasteiger partial charge in [-0.2, -0.15) is 0 Å². The summed E-state index contributed by atoms with van der Waals surface area (Å²) >= 11 is 1.71. The van der Waals surface area contributed by atoms with E-state index >= 15 is 0 Å². The Morgan fingerprint density at radius 2 is 2.06 bits per heavy atom. The van der Waals surface area contributed by atoms with Gasteiger partial charge in [0, 0.05) is 21.9 Å². The predicted octanol–water partition coefficient (Wildman–Crippen LogP) is 5.48. The van der Waals surface area contributed by atoms with E-state index in [0.29, 0.717) is 34.7 Å². The van der Waals surface area contributed by atoms with Gasteiger partial charge in [0.15, 0.2) is 0 Å². The summed E-state index contributed by atoms with van der Waals surface area (Å²) in [5, 5.41) is 4.76. The summed E-state index contributed by atoms with van der Waals surface area (Å²) in [7, 11) is 1.64. The summed E-state index contributed by atoms with van der Waals surface area (Å²) < 4.78 is 11.1. The third kappa shape index (κ3) is 3.20. The average molecular weight is 434 g/mol. The van der Waals surface area contributed by atoms with Crippen LogP contribution < -0.4 is 9.64 Å². The van der Waals surface area contributed by atoms with E-state index < -0.39 is 0 Å². The van der Waals surface area contributed by atoms with Crippen molar-refractivity contribution in [2.75, 3.05) is 18.6 Å². The van der Waals surface area contributed by atoms with Gasteiger partial charge in [-0.15, -0.1) is 11.3 Å². The largest absolute Gasteiger partial charge is 0.495 e. The molecule has 0 bridgehead atoms. The van der Waals surface area contributed by atoms with Crippen LogP contribution >= 0.6 is 11.3 Å². The molecule has 31 heavy (non-hydrogen) atoms. The van der Waals surface area contributed by atoms with E-state index in [-0.39, 0.29) is 5.91 Å². The number of hydrogen-bond acceptors (Lipinski definition) is 6. The van der Waals surface area contributed by atoms with E-state index in [2.05, 4.69) is 36.1 Å². The van der Waals surface area contributed by atoms with Crippen molar-refractivity contribution >= 4 is 34.0 Å². The summed E-state index contributed by atoms with van der Waals surface area (Å²) in [5.74, 6) is 0.623. The van der Waals surface area contributed by atoms with Crippen molar-refractivity contribution in [2.24, 2.45) is 0 Å². The Labute approximate surface area is 184 Å². The van der Waals surface area contributed by atoms with E-state index in [1.807, 2.05) is 30.0 Å². The smallest absolute Gasteiger partial charge is 0.259 e. The highest BCUT2D eigenvalue weighted by atomic mass is 32.1. The normalized spacial score (nSPS) is 13.5. The first-order valence-electron chi connectivity index (χ1n) is 10.3. The molecule has 0 unspecified atom stereocenters. The molecule has 7 heteroatoms. The Hall–Kier alpha value is -3.19. The molecule has 5 rings (SSSR count). The fourth-order valence-corrected chi connectivity index (χ4v) is 5.35. The first-order valence-corrected chi connectivity index (χ1v) is 11.1. The second-order valence-electron chi connectivity index (χ2n) is 7.86. The Balaban J connectivity index is 1.70. The van der Waals surface area contributed by atoms with Gasteiger partial charge >= 0.3 is 0 Å². The molecule has 1 amide bonds. The number of carbonyl (C=O) groups is 1. The molecule has 158 valence electrons. The lowest BCUT2D eigenvalue weighted by molar-refractivity contribution is 0.0986. The van der Waals surface area contributed by atoms with Gasteiger partial charge in [-0.1, -0.05) is 17.3 Å². The number of anilines is 1. The van der Waals surface area contributed by atoms with Crippen LogP contribution in [0.2, 0.25) is 0 Å². The topological polar surface area (TPSA) is 68.5 Å². The van der Waals surface area contributed by atoms with Crippen LogP contribution in [0.4, 0.5) is 5.69 Å². The summed E-state index contributed by atoms with van der Waals surface area (Å²) in [6, 6.07) is 9.92. The van der Waals surface area contributed by atoms with E-state index in [9.17, 15) is 4.79 Å². The summed E-state index contributed by atoms with van der Waals surface area (Å²) in [6.07, 6.45) is 1.82. The van der Waals surface area contributed by atoms with E-state index in [1.54, 1.807) is 18.4 Å². The molecule has 0 aliphatic carbocycles. The first-order chi connectivity index (χ1) is 15.0. The SMILES string of the molecule is COc1cccc2c1N(C(=O)c1cc(-c3cc(C)sc3C)nc3onc(C)c13)CCC2. The minimum absolute atomic E-state index is 0.0880. The zero-order valence-electron chi connectivity index (χ0n) is 18.0. The fraction of sp³-hybridized carbons (Fsp3) is 0.292. The minimum atomic E-state index is -0.0880. The van der Waals surface area contributed by atoms with Gasteiger partial charge in [0.2, 0.25) is 0 Å². The number of benzene rings is 1. The molecule has 0 atom stereocenters. The molecule has 0 saturated heterocycles. The molecule has 1 aromatic carbocycles. The Bertz CT molecular complexity index is 1310. The van der Waals surface area contributed by atoms with Crippen LogP contribution in [0.15, 0.2) is 34.9 Å². The maximum absolute atomic E-state index is 13.9. The van der Waals surface area contributed by atoms with Crippen molar-refractivity contribution < 1.29 is 14.1 Å². The Morgan fingerprint density at radius 1 is 1.23 bits per heavy atom. The number of carbonyl (C=O) groups excluding carboxylic acids is 1. The van der Waals surface area contributed by atoms with Crippen LogP contribution in [0.3, 0.4) is 0 Å². The number of aromatic nitrogens is 2. The lowest BCUT2D eigenvalue weighted by atomic mass is 9.98. The number of ether oxygens (including phenoxy) is 1. The maximum Gasteiger partial charge on any atom is 0.259 e. The van der Waals surface area contributed by atoms with Crippen LogP contribution in [0.25, 0.3) is 22.4 Å². The van der Waals surface area contributed by atoms with Crippen LogP contribution in [0.5, 0.6) is 5.75 Å². The summed E-state index contributed by atoms with van der Waals surface area (Å²) in [4.78, 5) is 22.8. The highest BCUT2D eigenvalue weighted by molar-refractivity contribution is 7.12. The lowest BCUT2D eigenvalue weighted by Gasteiger charge is -2.31. The van der Waals surface area contributed by atoms with Crippen LogP contribution in [-0.2, 0) is 6.42 Å². The molecule has 6 nitrogen and oxygen atoms in total. The molecular weight excluding hydrogens is 410 g/mol. The van der Waals surface area contributed by atoms with Gasteiger partial charge in [0.05, 0.1) is 35.1 Å². The number of aryl methyl sites for hydroxylation is 4. The standard InChI is InChI=1S/C24H23N3O3S/c1-13-11-17(15(3)31-13)19-12-18(21-14(2)26-30-23(21)25-19)24(28)27-10-6-8-16-7-5-9-20(29-4)22(16)27/h5,7,9,11-12H,6,8,10H2,1-4H3. The van der Waals surface area contributed by atoms with Gasteiger partial charge in [-0.05, 0) is 57.4 Å². The van der Waals surface area contributed by atoms with Gasteiger partial charge in [-0.3, -0.25) is 4.79 Å². The van der Waals surface area contributed by atoms with Crippen molar-refractivity contribution in [1.82, 2.24) is 10.1 Å². The average Bonchev–Trinajstić information content (AvgIpc) is 3.32. The zero-order chi connectivity index (χ0) is 21.7. The third-order valence-corrected chi connectivity index (χ3v) is 6.78. The second-order valence-corrected chi connectivity index (χ2v) is 9.32. The van der Waals surface area contributed by atoms with Crippen molar-refractivity contribution in [1.29, 1.82) is 0 Å².